The summed E-state index contributed by atoms with van der Waals surface area (Å²) in [5.74, 6) is 0. The van der Waals surface area contributed by atoms with Crippen LogP contribution in [-0.4, -0.2) is 4.57 Å². The number of aryl methyl sites for hydroxylation is 1. The van der Waals surface area contributed by atoms with E-state index in [4.69, 9.17) is 0 Å². The third-order valence-corrected chi connectivity index (χ3v) is 2.88. The lowest BCUT2D eigenvalue weighted by Crippen LogP contribution is -2.26. The van der Waals surface area contributed by atoms with Gasteiger partial charge in [-0.15, -0.1) is 6.58 Å². The zero-order chi connectivity index (χ0) is 10.7. The molecule has 0 aliphatic heterocycles. The van der Waals surface area contributed by atoms with Crippen LogP contribution in [0.15, 0.2) is 55.7 Å². The standard InChI is InChI=1S/C13H17N2/c1-3-13(7-5-4-6-8-13)11-15-10-9-14(2)12-15/h3-7,9-10,12H,1,8,11H2,2H3/q+1. The summed E-state index contributed by atoms with van der Waals surface area (Å²) in [6, 6.07) is 0. The van der Waals surface area contributed by atoms with Crippen LogP contribution in [0.4, 0.5) is 0 Å². The highest BCUT2D eigenvalue weighted by atomic mass is 15.1. The lowest BCUT2D eigenvalue weighted by molar-refractivity contribution is -0.671. The van der Waals surface area contributed by atoms with Crippen molar-refractivity contribution in [3.8, 4) is 0 Å². The summed E-state index contributed by atoms with van der Waals surface area (Å²) < 4.78 is 4.25. The van der Waals surface area contributed by atoms with Crippen LogP contribution in [-0.2, 0) is 13.6 Å². The third-order valence-electron chi connectivity index (χ3n) is 2.88. The zero-order valence-electron chi connectivity index (χ0n) is 9.13. The Hall–Kier alpha value is -1.57. The quantitative estimate of drug-likeness (QED) is 0.522. The first kappa shape index (κ1) is 9.97. The monoisotopic (exact) mass is 201 g/mol. The Morgan fingerprint density at radius 1 is 1.53 bits per heavy atom. The molecular formula is C13H17N2+. The van der Waals surface area contributed by atoms with Gasteiger partial charge in [0.05, 0.1) is 7.05 Å². The number of nitrogens with zero attached hydrogens (tertiary/aromatic N) is 2. The number of rotatable bonds is 3. The molecule has 2 nitrogen and oxygen atoms in total. The van der Waals surface area contributed by atoms with E-state index in [1.807, 2.05) is 13.1 Å². The Bertz CT molecular complexity index is 412. The van der Waals surface area contributed by atoms with Crippen molar-refractivity contribution < 1.29 is 4.57 Å². The van der Waals surface area contributed by atoms with Crippen LogP contribution >= 0.6 is 0 Å². The molecule has 0 bridgehead atoms. The summed E-state index contributed by atoms with van der Waals surface area (Å²) in [5.41, 5.74) is 0.0841. The van der Waals surface area contributed by atoms with Gasteiger partial charge in [0.25, 0.3) is 0 Å². The van der Waals surface area contributed by atoms with Crippen LogP contribution in [0.2, 0.25) is 0 Å². The molecule has 1 unspecified atom stereocenters. The second kappa shape index (κ2) is 3.89. The second-order valence-electron chi connectivity index (χ2n) is 4.18. The van der Waals surface area contributed by atoms with E-state index < -0.39 is 0 Å². The molecule has 2 heteroatoms. The van der Waals surface area contributed by atoms with E-state index in [-0.39, 0.29) is 5.41 Å². The highest BCUT2D eigenvalue weighted by Gasteiger charge is 2.26. The zero-order valence-corrected chi connectivity index (χ0v) is 9.13. The van der Waals surface area contributed by atoms with Crippen molar-refractivity contribution >= 4 is 0 Å². The van der Waals surface area contributed by atoms with E-state index in [1.54, 1.807) is 0 Å². The molecule has 0 aromatic carbocycles. The van der Waals surface area contributed by atoms with Gasteiger partial charge in [0.2, 0.25) is 6.33 Å². The van der Waals surface area contributed by atoms with Crippen molar-refractivity contribution in [1.82, 2.24) is 4.57 Å². The predicted molar refractivity (Wildman–Crippen MR) is 61.1 cm³/mol. The van der Waals surface area contributed by atoms with E-state index in [9.17, 15) is 0 Å². The van der Waals surface area contributed by atoms with Gasteiger partial charge in [-0.25, -0.2) is 9.13 Å². The van der Waals surface area contributed by atoms with Crippen molar-refractivity contribution in [2.75, 3.05) is 0 Å². The molecule has 0 N–H and O–H groups in total. The molecule has 0 saturated heterocycles. The van der Waals surface area contributed by atoms with Gasteiger partial charge in [-0.2, -0.15) is 0 Å². The minimum absolute atomic E-state index is 0.0841. The topological polar surface area (TPSA) is 8.81 Å². The summed E-state index contributed by atoms with van der Waals surface area (Å²) in [4.78, 5) is 0. The van der Waals surface area contributed by atoms with Crippen molar-refractivity contribution in [2.45, 2.75) is 13.0 Å². The van der Waals surface area contributed by atoms with Crippen LogP contribution in [0, 0.1) is 5.41 Å². The molecule has 1 heterocycles. The first-order valence-corrected chi connectivity index (χ1v) is 5.23. The van der Waals surface area contributed by atoms with Crippen LogP contribution < -0.4 is 4.57 Å². The molecule has 0 radical (unpaired) electrons. The first-order chi connectivity index (χ1) is 7.24. The van der Waals surface area contributed by atoms with Crippen LogP contribution in [0.3, 0.4) is 0 Å². The second-order valence-corrected chi connectivity index (χ2v) is 4.18. The number of imidazole rings is 1. The highest BCUT2D eigenvalue weighted by Crippen LogP contribution is 2.30. The molecule has 1 aliphatic carbocycles. The summed E-state index contributed by atoms with van der Waals surface area (Å²) >= 11 is 0. The van der Waals surface area contributed by atoms with E-state index in [0.717, 1.165) is 13.0 Å². The fraction of sp³-hybridized carbons (Fsp3) is 0.308. The van der Waals surface area contributed by atoms with Gasteiger partial charge in [-0.1, -0.05) is 30.4 Å². The third kappa shape index (κ3) is 2.09. The Labute approximate surface area is 90.9 Å². The molecule has 0 spiro atoms. The lowest BCUT2D eigenvalue weighted by Gasteiger charge is -2.25. The summed E-state index contributed by atoms with van der Waals surface area (Å²) in [7, 11) is 2.04. The van der Waals surface area contributed by atoms with Gasteiger partial charge < -0.3 is 0 Å². The van der Waals surface area contributed by atoms with E-state index in [1.165, 1.54) is 0 Å². The number of allylic oxidation sites excluding steroid dienone is 5. The van der Waals surface area contributed by atoms with E-state index >= 15 is 0 Å². The molecule has 1 aromatic heterocycles. The normalized spacial score (nSPS) is 24.3. The van der Waals surface area contributed by atoms with Gasteiger partial charge in [-0.3, -0.25) is 0 Å². The largest absolute Gasteiger partial charge is 0.243 e. The number of hydrogen-bond acceptors (Lipinski definition) is 0. The van der Waals surface area contributed by atoms with Crippen molar-refractivity contribution in [2.24, 2.45) is 12.5 Å². The molecule has 78 valence electrons. The smallest absolute Gasteiger partial charge is 0.240 e. The molecule has 1 aliphatic rings. The average Bonchev–Trinajstić information content (AvgIpc) is 2.65. The molecule has 2 rings (SSSR count). The summed E-state index contributed by atoms with van der Waals surface area (Å²) in [5, 5.41) is 0. The summed E-state index contributed by atoms with van der Waals surface area (Å²) in [6.07, 6.45) is 18.0. The molecule has 0 amide bonds. The highest BCUT2D eigenvalue weighted by molar-refractivity contribution is 5.21. The molecule has 15 heavy (non-hydrogen) atoms. The van der Waals surface area contributed by atoms with E-state index in [0.29, 0.717) is 0 Å². The lowest BCUT2D eigenvalue weighted by atomic mass is 9.81. The van der Waals surface area contributed by atoms with Gasteiger partial charge in [-0.05, 0) is 6.42 Å². The molecule has 1 atom stereocenters. The Balaban J connectivity index is 2.18. The van der Waals surface area contributed by atoms with Crippen LogP contribution in [0.25, 0.3) is 0 Å². The van der Waals surface area contributed by atoms with Gasteiger partial charge in [0.15, 0.2) is 0 Å². The van der Waals surface area contributed by atoms with Crippen LogP contribution in [0.1, 0.15) is 6.42 Å². The fourth-order valence-corrected chi connectivity index (χ4v) is 1.95. The Morgan fingerprint density at radius 3 is 2.93 bits per heavy atom. The fourth-order valence-electron chi connectivity index (χ4n) is 1.95. The van der Waals surface area contributed by atoms with Crippen molar-refractivity contribution in [3.63, 3.8) is 0 Å². The van der Waals surface area contributed by atoms with Crippen LogP contribution in [0.5, 0.6) is 0 Å². The molecular weight excluding hydrogens is 184 g/mol. The predicted octanol–water partition coefficient (Wildman–Crippen LogP) is 2.00. The SMILES string of the molecule is C=CC1(Cn2cc[n+](C)c2)C=CC=CC1. The number of hydrogen-bond donors (Lipinski definition) is 0. The maximum Gasteiger partial charge on any atom is 0.243 e. The minimum atomic E-state index is 0.0841. The Morgan fingerprint density at radius 2 is 2.40 bits per heavy atom. The van der Waals surface area contributed by atoms with Gasteiger partial charge >= 0.3 is 0 Å². The van der Waals surface area contributed by atoms with Crippen molar-refractivity contribution in [3.05, 3.63) is 55.7 Å². The summed E-state index contributed by atoms with van der Waals surface area (Å²) in [6.45, 7) is 4.91. The number of aromatic nitrogens is 2. The maximum atomic E-state index is 3.95. The van der Waals surface area contributed by atoms with Gasteiger partial charge in [0, 0.05) is 5.41 Å². The maximum absolute atomic E-state index is 3.95. The molecule has 1 aromatic rings. The average molecular weight is 201 g/mol. The Kier molecular flexibility index (Phi) is 2.58. The first-order valence-electron chi connectivity index (χ1n) is 5.23. The van der Waals surface area contributed by atoms with E-state index in [2.05, 4.69) is 58.7 Å². The van der Waals surface area contributed by atoms with Gasteiger partial charge in [0.1, 0.15) is 18.9 Å². The minimum Gasteiger partial charge on any atom is -0.240 e. The van der Waals surface area contributed by atoms with Crippen molar-refractivity contribution in [1.29, 1.82) is 0 Å². The molecule has 0 saturated carbocycles. The molecule has 0 fully saturated rings.